The standard InChI is InChI=1S/C16H28N2O2.ClH/c17-14(13-4-10-20-11-5-13)15(19)18-9-8-16(12-18)6-2-1-3-7-16;/h13-14H,1-12,17H2;1H. The minimum atomic E-state index is -0.308. The van der Waals surface area contributed by atoms with Crippen LogP contribution in [0.15, 0.2) is 0 Å². The Labute approximate surface area is 134 Å². The van der Waals surface area contributed by atoms with Gasteiger partial charge in [-0.05, 0) is 43.4 Å². The van der Waals surface area contributed by atoms with Crippen LogP contribution in [0.1, 0.15) is 51.4 Å². The Morgan fingerprint density at radius 2 is 1.81 bits per heavy atom. The van der Waals surface area contributed by atoms with Crippen molar-refractivity contribution in [3.63, 3.8) is 0 Å². The van der Waals surface area contributed by atoms with E-state index >= 15 is 0 Å². The van der Waals surface area contributed by atoms with E-state index in [0.717, 1.165) is 39.1 Å². The molecule has 122 valence electrons. The Morgan fingerprint density at radius 3 is 2.48 bits per heavy atom. The van der Waals surface area contributed by atoms with Crippen LogP contribution in [0.3, 0.4) is 0 Å². The van der Waals surface area contributed by atoms with Gasteiger partial charge in [0.1, 0.15) is 0 Å². The van der Waals surface area contributed by atoms with Crippen molar-refractivity contribution in [2.75, 3.05) is 26.3 Å². The van der Waals surface area contributed by atoms with Crippen molar-refractivity contribution in [1.29, 1.82) is 0 Å². The first-order valence-electron chi connectivity index (χ1n) is 8.32. The molecule has 1 amide bonds. The first kappa shape index (κ1) is 17.0. The highest BCUT2D eigenvalue weighted by Gasteiger charge is 2.42. The van der Waals surface area contributed by atoms with Crippen LogP contribution >= 0.6 is 12.4 Å². The van der Waals surface area contributed by atoms with Crippen molar-refractivity contribution in [2.45, 2.75) is 57.4 Å². The van der Waals surface area contributed by atoms with Crippen LogP contribution in [-0.4, -0.2) is 43.2 Å². The molecule has 4 nitrogen and oxygen atoms in total. The molecule has 2 saturated heterocycles. The summed E-state index contributed by atoms with van der Waals surface area (Å²) in [7, 11) is 0. The van der Waals surface area contributed by atoms with Gasteiger partial charge < -0.3 is 15.4 Å². The number of carbonyl (C=O) groups excluding carboxylic acids is 1. The number of nitrogens with zero attached hydrogens (tertiary/aromatic N) is 1. The Bertz CT molecular complexity index is 352. The van der Waals surface area contributed by atoms with E-state index in [4.69, 9.17) is 10.5 Å². The second-order valence-electron chi connectivity index (χ2n) is 7.05. The minimum absolute atomic E-state index is 0. The molecular formula is C16H29ClN2O2. The molecule has 0 bridgehead atoms. The minimum Gasteiger partial charge on any atom is -0.381 e. The molecule has 3 rings (SSSR count). The number of rotatable bonds is 2. The van der Waals surface area contributed by atoms with Crippen molar-refractivity contribution in [3.8, 4) is 0 Å². The maximum Gasteiger partial charge on any atom is 0.239 e. The normalized spacial score (nSPS) is 27.4. The van der Waals surface area contributed by atoms with Crippen molar-refractivity contribution >= 4 is 18.3 Å². The highest BCUT2D eigenvalue weighted by molar-refractivity contribution is 5.85. The van der Waals surface area contributed by atoms with E-state index in [0.29, 0.717) is 11.3 Å². The van der Waals surface area contributed by atoms with Gasteiger partial charge in [-0.1, -0.05) is 19.3 Å². The van der Waals surface area contributed by atoms with E-state index < -0.39 is 0 Å². The number of amides is 1. The van der Waals surface area contributed by atoms with Gasteiger partial charge in [0.2, 0.25) is 5.91 Å². The fraction of sp³-hybridized carbons (Fsp3) is 0.938. The average molecular weight is 317 g/mol. The SMILES string of the molecule is Cl.NC(C(=O)N1CCC2(CCCCC2)C1)C1CCOCC1. The molecule has 2 N–H and O–H groups in total. The van der Waals surface area contributed by atoms with Gasteiger partial charge >= 0.3 is 0 Å². The second-order valence-corrected chi connectivity index (χ2v) is 7.05. The number of ether oxygens (including phenoxy) is 1. The Kier molecular flexibility index (Phi) is 5.92. The third kappa shape index (κ3) is 3.72. The first-order chi connectivity index (χ1) is 9.70. The van der Waals surface area contributed by atoms with Crippen LogP contribution < -0.4 is 5.73 Å². The number of hydrogen-bond acceptors (Lipinski definition) is 3. The number of nitrogens with two attached hydrogens (primary N) is 1. The lowest BCUT2D eigenvalue weighted by atomic mass is 9.73. The molecule has 5 heteroatoms. The van der Waals surface area contributed by atoms with E-state index in [9.17, 15) is 4.79 Å². The molecule has 1 saturated carbocycles. The maximum absolute atomic E-state index is 12.6. The summed E-state index contributed by atoms with van der Waals surface area (Å²) >= 11 is 0. The molecule has 1 unspecified atom stereocenters. The van der Waals surface area contributed by atoms with Gasteiger partial charge in [0.15, 0.2) is 0 Å². The quantitative estimate of drug-likeness (QED) is 0.850. The summed E-state index contributed by atoms with van der Waals surface area (Å²) in [5, 5.41) is 0. The summed E-state index contributed by atoms with van der Waals surface area (Å²) in [6.45, 7) is 3.41. The topological polar surface area (TPSA) is 55.6 Å². The second kappa shape index (κ2) is 7.30. The Hall–Kier alpha value is -0.320. The average Bonchev–Trinajstić information content (AvgIpc) is 2.91. The Balaban J connectivity index is 0.00000161. The van der Waals surface area contributed by atoms with Gasteiger partial charge in [-0.2, -0.15) is 0 Å². The zero-order chi connectivity index (χ0) is 14.0. The predicted molar refractivity (Wildman–Crippen MR) is 85.5 cm³/mol. The predicted octanol–water partition coefficient (Wildman–Crippen LogP) is 2.34. The highest BCUT2D eigenvalue weighted by atomic mass is 35.5. The van der Waals surface area contributed by atoms with E-state index in [-0.39, 0.29) is 24.4 Å². The van der Waals surface area contributed by atoms with E-state index in [1.54, 1.807) is 0 Å². The molecule has 3 aliphatic rings. The van der Waals surface area contributed by atoms with Crippen molar-refractivity contribution in [1.82, 2.24) is 4.90 Å². The van der Waals surface area contributed by atoms with E-state index in [1.165, 1.54) is 38.5 Å². The van der Waals surface area contributed by atoms with Crippen molar-refractivity contribution in [2.24, 2.45) is 17.1 Å². The maximum atomic E-state index is 12.6. The van der Waals surface area contributed by atoms with Gasteiger partial charge in [-0.25, -0.2) is 0 Å². The third-order valence-electron chi connectivity index (χ3n) is 5.72. The van der Waals surface area contributed by atoms with Gasteiger partial charge in [0.25, 0.3) is 0 Å². The van der Waals surface area contributed by atoms with Crippen LogP contribution in [0.2, 0.25) is 0 Å². The Morgan fingerprint density at radius 1 is 1.14 bits per heavy atom. The fourth-order valence-electron chi connectivity index (χ4n) is 4.32. The summed E-state index contributed by atoms with van der Waals surface area (Å²) in [5.41, 5.74) is 6.68. The summed E-state index contributed by atoms with van der Waals surface area (Å²) in [5.74, 6) is 0.513. The molecule has 0 radical (unpaired) electrons. The number of carbonyl (C=O) groups is 1. The van der Waals surface area contributed by atoms with Crippen LogP contribution in [0.25, 0.3) is 0 Å². The largest absolute Gasteiger partial charge is 0.381 e. The van der Waals surface area contributed by atoms with Gasteiger partial charge in [0, 0.05) is 26.3 Å². The molecule has 1 spiro atoms. The van der Waals surface area contributed by atoms with Gasteiger partial charge in [0.05, 0.1) is 6.04 Å². The summed E-state index contributed by atoms with van der Waals surface area (Å²) < 4.78 is 5.36. The van der Waals surface area contributed by atoms with Gasteiger partial charge in [-0.3, -0.25) is 4.79 Å². The van der Waals surface area contributed by atoms with Crippen LogP contribution in [-0.2, 0) is 9.53 Å². The van der Waals surface area contributed by atoms with Crippen molar-refractivity contribution in [3.05, 3.63) is 0 Å². The smallest absolute Gasteiger partial charge is 0.239 e. The lowest BCUT2D eigenvalue weighted by molar-refractivity contribution is -0.134. The summed E-state index contributed by atoms with van der Waals surface area (Å²) in [6, 6.07) is -0.308. The molecule has 21 heavy (non-hydrogen) atoms. The van der Waals surface area contributed by atoms with Crippen LogP contribution in [0.4, 0.5) is 0 Å². The molecule has 2 aliphatic heterocycles. The summed E-state index contributed by atoms with van der Waals surface area (Å²) in [6.07, 6.45) is 9.74. The molecule has 3 fully saturated rings. The summed E-state index contributed by atoms with van der Waals surface area (Å²) in [4.78, 5) is 14.7. The zero-order valence-electron chi connectivity index (χ0n) is 12.9. The number of hydrogen-bond donors (Lipinski definition) is 1. The fourth-order valence-corrected chi connectivity index (χ4v) is 4.32. The van der Waals surface area contributed by atoms with E-state index in [1.807, 2.05) is 0 Å². The number of halogens is 1. The van der Waals surface area contributed by atoms with Crippen LogP contribution in [0, 0.1) is 11.3 Å². The third-order valence-corrected chi connectivity index (χ3v) is 5.72. The molecular weight excluding hydrogens is 288 g/mol. The van der Waals surface area contributed by atoms with E-state index in [2.05, 4.69) is 4.90 Å². The van der Waals surface area contributed by atoms with Crippen LogP contribution in [0.5, 0.6) is 0 Å². The zero-order valence-corrected chi connectivity index (χ0v) is 13.7. The van der Waals surface area contributed by atoms with Gasteiger partial charge in [-0.15, -0.1) is 12.4 Å². The lowest BCUT2D eigenvalue weighted by Gasteiger charge is -2.34. The molecule has 1 aliphatic carbocycles. The highest BCUT2D eigenvalue weighted by Crippen LogP contribution is 2.43. The molecule has 0 aromatic rings. The monoisotopic (exact) mass is 316 g/mol. The number of likely N-dealkylation sites (tertiary alicyclic amines) is 1. The molecule has 1 atom stereocenters. The first-order valence-corrected chi connectivity index (χ1v) is 8.32. The molecule has 2 heterocycles. The molecule has 0 aromatic heterocycles. The lowest BCUT2D eigenvalue weighted by Crippen LogP contribution is -2.48. The van der Waals surface area contributed by atoms with Crippen molar-refractivity contribution < 1.29 is 9.53 Å². The molecule has 0 aromatic carbocycles.